The van der Waals surface area contributed by atoms with Crippen LogP contribution in [0.1, 0.15) is 25.2 Å². The third-order valence-electron chi connectivity index (χ3n) is 6.03. The second-order valence-corrected chi connectivity index (χ2v) is 10.0. The van der Waals surface area contributed by atoms with Crippen molar-refractivity contribution < 1.29 is 18.7 Å². The molecule has 3 aromatic carbocycles. The van der Waals surface area contributed by atoms with Crippen LogP contribution in [0.25, 0.3) is 22.2 Å². The van der Waals surface area contributed by atoms with Crippen LogP contribution in [0, 0.1) is 5.82 Å². The van der Waals surface area contributed by atoms with E-state index in [1.165, 1.54) is 18.5 Å². The standard InChI is InChI=1S/C29H27FN4O3S2.C2H6/c1-39-34(11-12-38)16-23-7-10-27(37-23)20-5-8-25-24(14-20)29(32-18-31-25)33-22-6-9-28(26(35)15-22)36-17-19-3-2-4-21(30)13-19;1-2/h2-10,13-15,18,35,38H,11-12,16-17H2,1H3,(H,31,32,33);1-2H3. The summed E-state index contributed by atoms with van der Waals surface area (Å²) in [5.41, 5.74) is 2.96. The first kappa shape index (κ1) is 30.2. The van der Waals surface area contributed by atoms with E-state index < -0.39 is 0 Å². The van der Waals surface area contributed by atoms with Crippen molar-refractivity contribution in [2.24, 2.45) is 0 Å². The molecule has 5 aromatic rings. The van der Waals surface area contributed by atoms with E-state index in [4.69, 9.17) is 9.15 Å². The first-order valence-electron chi connectivity index (χ1n) is 13.2. The lowest BCUT2D eigenvalue weighted by Gasteiger charge is -2.16. The number of hydrogen-bond donors (Lipinski definition) is 3. The summed E-state index contributed by atoms with van der Waals surface area (Å²) < 4.78 is 27.4. The van der Waals surface area contributed by atoms with Crippen LogP contribution in [-0.2, 0) is 13.2 Å². The second-order valence-electron chi connectivity index (χ2n) is 8.72. The number of nitrogens with one attached hydrogen (secondary N) is 1. The topological polar surface area (TPSA) is 83.7 Å². The third kappa shape index (κ3) is 7.93. The summed E-state index contributed by atoms with van der Waals surface area (Å²) in [5.74, 6) is 2.91. The molecule has 0 aliphatic rings. The number of nitrogens with zero attached hydrogens (tertiary/aromatic N) is 3. The number of phenols is 1. The number of aromatic nitrogens is 2. The summed E-state index contributed by atoms with van der Waals surface area (Å²) in [7, 11) is 0. The highest BCUT2D eigenvalue weighted by atomic mass is 32.2. The summed E-state index contributed by atoms with van der Waals surface area (Å²) in [6.45, 7) is 5.69. The van der Waals surface area contributed by atoms with Crippen molar-refractivity contribution in [3.63, 3.8) is 0 Å². The van der Waals surface area contributed by atoms with Gasteiger partial charge in [-0.25, -0.2) is 18.7 Å². The lowest BCUT2D eigenvalue weighted by Crippen LogP contribution is -2.16. The van der Waals surface area contributed by atoms with Crippen molar-refractivity contribution >= 4 is 47.0 Å². The Labute approximate surface area is 249 Å². The molecule has 7 nitrogen and oxygen atoms in total. The highest BCUT2D eigenvalue weighted by Crippen LogP contribution is 2.33. The zero-order valence-electron chi connectivity index (χ0n) is 23.2. The van der Waals surface area contributed by atoms with Crippen LogP contribution in [0.3, 0.4) is 0 Å². The van der Waals surface area contributed by atoms with Gasteiger partial charge in [0.05, 0.1) is 12.1 Å². The van der Waals surface area contributed by atoms with E-state index in [1.54, 1.807) is 42.3 Å². The molecule has 0 atom stereocenters. The van der Waals surface area contributed by atoms with E-state index >= 15 is 0 Å². The predicted molar refractivity (Wildman–Crippen MR) is 168 cm³/mol. The molecular weight excluding hydrogens is 559 g/mol. The fraction of sp³-hybridized carbons (Fsp3) is 0.226. The Balaban J connectivity index is 0.00000189. The van der Waals surface area contributed by atoms with Crippen molar-refractivity contribution in [1.29, 1.82) is 0 Å². The molecule has 2 aromatic heterocycles. The number of phenolic OH excluding ortho intramolecular Hbond substituents is 1. The quantitative estimate of drug-likeness (QED) is 0.105. The van der Waals surface area contributed by atoms with Gasteiger partial charge in [0.15, 0.2) is 11.5 Å². The van der Waals surface area contributed by atoms with Gasteiger partial charge in [-0.2, -0.15) is 12.6 Å². The van der Waals surface area contributed by atoms with Crippen LogP contribution in [0.2, 0.25) is 0 Å². The average molecular weight is 593 g/mol. The summed E-state index contributed by atoms with van der Waals surface area (Å²) in [6, 6.07) is 21.0. The van der Waals surface area contributed by atoms with Crippen LogP contribution in [0.15, 0.2) is 83.5 Å². The van der Waals surface area contributed by atoms with Crippen LogP contribution >= 0.6 is 24.6 Å². The number of anilines is 2. The summed E-state index contributed by atoms with van der Waals surface area (Å²) in [4.78, 5) is 8.82. The minimum absolute atomic E-state index is 0.0456. The molecule has 0 amide bonds. The molecule has 41 heavy (non-hydrogen) atoms. The number of aromatic hydroxyl groups is 1. The maximum absolute atomic E-state index is 13.4. The fourth-order valence-corrected chi connectivity index (χ4v) is 5.00. The predicted octanol–water partition coefficient (Wildman–Crippen LogP) is 8.09. The van der Waals surface area contributed by atoms with Crippen LogP contribution < -0.4 is 10.1 Å². The van der Waals surface area contributed by atoms with E-state index in [0.29, 0.717) is 29.4 Å². The van der Waals surface area contributed by atoms with Crippen molar-refractivity contribution in [1.82, 2.24) is 14.3 Å². The number of halogens is 1. The number of benzene rings is 3. The molecule has 0 saturated carbocycles. The van der Waals surface area contributed by atoms with Crippen LogP contribution in [0.4, 0.5) is 15.9 Å². The zero-order valence-corrected chi connectivity index (χ0v) is 24.9. The minimum Gasteiger partial charge on any atom is -0.504 e. The lowest BCUT2D eigenvalue weighted by atomic mass is 10.1. The van der Waals surface area contributed by atoms with Gasteiger partial charge in [0.2, 0.25) is 0 Å². The molecule has 2 N–H and O–H groups in total. The maximum atomic E-state index is 13.4. The average Bonchev–Trinajstić information content (AvgIpc) is 3.46. The van der Waals surface area contributed by atoms with E-state index in [0.717, 1.165) is 40.3 Å². The molecule has 5 rings (SSSR count). The van der Waals surface area contributed by atoms with Gasteiger partial charge in [0, 0.05) is 35.0 Å². The molecule has 0 unspecified atom stereocenters. The number of thiol groups is 1. The van der Waals surface area contributed by atoms with Crippen molar-refractivity contribution in [2.45, 2.75) is 27.0 Å². The molecule has 10 heteroatoms. The highest BCUT2D eigenvalue weighted by Gasteiger charge is 2.13. The fourth-order valence-electron chi connectivity index (χ4n) is 4.09. The highest BCUT2D eigenvalue weighted by molar-refractivity contribution is 7.96. The third-order valence-corrected chi connectivity index (χ3v) is 7.05. The Morgan fingerprint density at radius 3 is 2.66 bits per heavy atom. The summed E-state index contributed by atoms with van der Waals surface area (Å²) in [6.07, 6.45) is 3.53. The number of fused-ring (bicyclic) bond motifs is 1. The van der Waals surface area contributed by atoms with Gasteiger partial charge in [-0.15, -0.1) is 0 Å². The number of rotatable bonds is 11. The maximum Gasteiger partial charge on any atom is 0.161 e. The van der Waals surface area contributed by atoms with Gasteiger partial charge >= 0.3 is 0 Å². The first-order chi connectivity index (χ1) is 20.0. The molecule has 0 fully saturated rings. The zero-order chi connectivity index (χ0) is 29.2. The molecule has 2 heterocycles. The van der Waals surface area contributed by atoms with Crippen LogP contribution in [-0.4, -0.2) is 37.9 Å². The number of furan rings is 1. The molecule has 0 aliphatic carbocycles. The van der Waals surface area contributed by atoms with Gasteiger partial charge in [0.1, 0.15) is 36.1 Å². The van der Waals surface area contributed by atoms with E-state index in [2.05, 4.69) is 32.2 Å². The van der Waals surface area contributed by atoms with Crippen molar-refractivity contribution in [2.75, 3.05) is 23.9 Å². The van der Waals surface area contributed by atoms with Gasteiger partial charge in [0.25, 0.3) is 0 Å². The molecule has 214 valence electrons. The van der Waals surface area contributed by atoms with Gasteiger partial charge < -0.3 is 19.6 Å². The monoisotopic (exact) mass is 592 g/mol. The Morgan fingerprint density at radius 2 is 1.90 bits per heavy atom. The molecular formula is C31H33FN4O3S2. The number of ether oxygens (including phenoxy) is 1. The second kappa shape index (κ2) is 14.8. The Morgan fingerprint density at radius 1 is 1.05 bits per heavy atom. The molecule has 0 spiro atoms. The lowest BCUT2D eigenvalue weighted by molar-refractivity contribution is 0.288. The van der Waals surface area contributed by atoms with E-state index in [9.17, 15) is 9.50 Å². The molecule has 0 saturated heterocycles. The Hall–Kier alpha value is -3.73. The largest absolute Gasteiger partial charge is 0.504 e. The van der Waals surface area contributed by atoms with Crippen molar-refractivity contribution in [3.8, 4) is 22.8 Å². The number of hydrogen-bond acceptors (Lipinski definition) is 9. The SMILES string of the molecule is CC.CSN(CCS)Cc1ccc(-c2ccc3ncnc(Nc4ccc(OCc5cccc(F)c5)c(O)c4)c3c2)o1. The van der Waals surface area contributed by atoms with E-state index in [-0.39, 0.29) is 18.2 Å². The smallest absolute Gasteiger partial charge is 0.161 e. The first-order valence-corrected chi connectivity index (χ1v) is 15.0. The van der Waals surface area contributed by atoms with E-state index in [1.807, 2.05) is 50.4 Å². The molecule has 0 bridgehead atoms. The summed E-state index contributed by atoms with van der Waals surface area (Å²) >= 11 is 5.99. The van der Waals surface area contributed by atoms with Crippen LogP contribution in [0.5, 0.6) is 11.5 Å². The Kier molecular flexibility index (Phi) is 10.9. The molecule has 0 radical (unpaired) electrons. The normalized spacial score (nSPS) is 10.9. The Bertz CT molecular complexity index is 1580. The molecule has 0 aliphatic heterocycles. The summed E-state index contributed by atoms with van der Waals surface area (Å²) in [5, 5.41) is 14.6. The van der Waals surface area contributed by atoms with Gasteiger partial charge in [-0.05, 0) is 66.4 Å². The van der Waals surface area contributed by atoms with Gasteiger partial charge in [-0.1, -0.05) is 37.9 Å². The minimum atomic E-state index is -0.334. The van der Waals surface area contributed by atoms with Gasteiger partial charge in [-0.3, -0.25) is 0 Å². The van der Waals surface area contributed by atoms with Crippen molar-refractivity contribution in [3.05, 3.63) is 96.3 Å².